The maximum absolute atomic E-state index is 7.26. The number of rotatable bonds is 5. The van der Waals surface area contributed by atoms with E-state index in [1.165, 1.54) is 5.56 Å². The summed E-state index contributed by atoms with van der Waals surface area (Å²) in [5.41, 5.74) is 11.1. The molecule has 0 bridgehead atoms. The van der Waals surface area contributed by atoms with Crippen molar-refractivity contribution in [2.24, 2.45) is 5.73 Å². The first-order chi connectivity index (χ1) is 11.6. The van der Waals surface area contributed by atoms with Crippen LogP contribution in [0.4, 0.5) is 0 Å². The topological polar surface area (TPSA) is 49.9 Å². The molecular formula is C23H36N2. The maximum Gasteiger partial charge on any atom is 0.0314 e. The molecule has 0 radical (unpaired) electrons. The molecule has 0 fully saturated rings. The van der Waals surface area contributed by atoms with Gasteiger partial charge in [-0.2, -0.15) is 0 Å². The first kappa shape index (κ1) is 24.9. The van der Waals surface area contributed by atoms with Gasteiger partial charge in [-0.3, -0.25) is 0 Å². The van der Waals surface area contributed by atoms with Gasteiger partial charge in [-0.15, -0.1) is 0 Å². The molecule has 138 valence electrons. The molecule has 0 saturated heterocycles. The third-order valence-corrected chi connectivity index (χ3v) is 3.27. The number of nitrogens with two attached hydrogens (primary N) is 1. The lowest BCUT2D eigenvalue weighted by Gasteiger charge is -2.05. The Labute approximate surface area is 155 Å². The summed E-state index contributed by atoms with van der Waals surface area (Å²) in [4.78, 5) is 0. The zero-order valence-corrected chi connectivity index (χ0v) is 17.1. The van der Waals surface area contributed by atoms with Crippen molar-refractivity contribution < 1.29 is 0 Å². The average Bonchev–Trinajstić information content (AvgIpc) is 2.56. The molecule has 0 aliphatic heterocycles. The van der Waals surface area contributed by atoms with Gasteiger partial charge in [0.1, 0.15) is 0 Å². The summed E-state index contributed by atoms with van der Waals surface area (Å²) in [7, 11) is 0. The van der Waals surface area contributed by atoms with Crippen LogP contribution in [0.3, 0.4) is 0 Å². The molecule has 0 aliphatic rings. The molecule has 0 heterocycles. The van der Waals surface area contributed by atoms with Crippen molar-refractivity contribution in [3.8, 4) is 0 Å². The lowest BCUT2D eigenvalue weighted by atomic mass is 10.0. The van der Waals surface area contributed by atoms with Crippen molar-refractivity contribution in [2.75, 3.05) is 0 Å². The van der Waals surface area contributed by atoms with Gasteiger partial charge in [-0.05, 0) is 43.4 Å². The van der Waals surface area contributed by atoms with Gasteiger partial charge in [0.2, 0.25) is 0 Å². The smallest absolute Gasteiger partial charge is 0.0314 e. The minimum absolute atomic E-state index is 0.574. The molecule has 0 saturated carbocycles. The van der Waals surface area contributed by atoms with E-state index in [4.69, 9.17) is 11.1 Å². The van der Waals surface area contributed by atoms with E-state index < -0.39 is 0 Å². The van der Waals surface area contributed by atoms with Gasteiger partial charge in [0, 0.05) is 11.4 Å². The van der Waals surface area contributed by atoms with E-state index in [0.717, 1.165) is 16.7 Å². The highest BCUT2D eigenvalue weighted by Crippen LogP contribution is 2.16. The zero-order valence-electron chi connectivity index (χ0n) is 17.1. The average molecular weight is 341 g/mol. The molecule has 1 rings (SSSR count). The Bertz CT molecular complexity index is 599. The summed E-state index contributed by atoms with van der Waals surface area (Å²) in [5, 5.41) is 7.26. The van der Waals surface area contributed by atoms with E-state index in [1.807, 2.05) is 58.1 Å². The van der Waals surface area contributed by atoms with Gasteiger partial charge in [0.15, 0.2) is 0 Å². The van der Waals surface area contributed by atoms with Crippen LogP contribution in [-0.4, -0.2) is 5.71 Å². The van der Waals surface area contributed by atoms with E-state index in [1.54, 1.807) is 6.92 Å². The summed E-state index contributed by atoms with van der Waals surface area (Å²) >= 11 is 0. The molecule has 0 aliphatic carbocycles. The summed E-state index contributed by atoms with van der Waals surface area (Å²) in [6.07, 6.45) is 5.75. The zero-order chi connectivity index (χ0) is 20.0. The molecular weight excluding hydrogens is 304 g/mol. The second-order valence-electron chi connectivity index (χ2n) is 5.98. The van der Waals surface area contributed by atoms with E-state index in [0.29, 0.717) is 17.3 Å². The molecule has 0 unspecified atom stereocenters. The molecule has 2 heteroatoms. The van der Waals surface area contributed by atoms with Crippen molar-refractivity contribution in [1.29, 1.82) is 5.41 Å². The molecule has 25 heavy (non-hydrogen) atoms. The Morgan fingerprint density at radius 3 is 1.84 bits per heavy atom. The van der Waals surface area contributed by atoms with Crippen LogP contribution in [0.2, 0.25) is 0 Å². The first-order valence-corrected chi connectivity index (χ1v) is 8.75. The van der Waals surface area contributed by atoms with Crippen LogP contribution in [0.15, 0.2) is 66.8 Å². The minimum atomic E-state index is 0.574. The van der Waals surface area contributed by atoms with Crippen molar-refractivity contribution >= 4 is 11.4 Å². The Kier molecular flexibility index (Phi) is 14.0. The number of hydrogen-bond acceptors (Lipinski definition) is 2. The molecule has 1 aromatic carbocycles. The van der Waals surface area contributed by atoms with Gasteiger partial charge in [-0.25, -0.2) is 0 Å². The lowest BCUT2D eigenvalue weighted by molar-refractivity contribution is 0.866. The van der Waals surface area contributed by atoms with Crippen LogP contribution in [0.5, 0.6) is 0 Å². The van der Waals surface area contributed by atoms with Crippen LogP contribution < -0.4 is 5.73 Å². The number of allylic oxidation sites excluding steroid dienone is 5. The van der Waals surface area contributed by atoms with Crippen LogP contribution in [0.25, 0.3) is 5.70 Å². The van der Waals surface area contributed by atoms with Crippen molar-refractivity contribution in [3.05, 3.63) is 77.9 Å². The van der Waals surface area contributed by atoms with Crippen molar-refractivity contribution in [1.82, 2.24) is 0 Å². The van der Waals surface area contributed by atoms with Crippen LogP contribution in [0, 0.1) is 5.41 Å². The standard InChI is InChI=1S/C11H15N.C10H15N.C2H6/c1-8(2)10-4-6-11(7-5-10)9(3)12;1-8(2)6-5-7-9(3)10(4)11;1-2/h4-8H,3,12H2,1-2H3;5-7,11H,1H2,2-4H3;1-2H3/b;6-5-,9-7+,11-10?;. The van der Waals surface area contributed by atoms with Gasteiger partial charge in [-0.1, -0.05) is 88.9 Å². The Morgan fingerprint density at radius 2 is 1.52 bits per heavy atom. The largest absolute Gasteiger partial charge is 0.399 e. The predicted octanol–water partition coefficient (Wildman–Crippen LogP) is 6.87. The molecule has 3 N–H and O–H groups in total. The fourth-order valence-electron chi connectivity index (χ4n) is 1.56. The highest BCUT2D eigenvalue weighted by molar-refractivity contribution is 5.95. The SMILES string of the molecule is C=C(C)/C=C\C=C(/C)C(C)=N.C=C(N)c1ccc(C(C)C)cc1.CC. The quantitative estimate of drug-likeness (QED) is 0.446. The van der Waals surface area contributed by atoms with Crippen LogP contribution in [0.1, 0.15) is 65.5 Å². The minimum Gasteiger partial charge on any atom is -0.399 e. The van der Waals surface area contributed by atoms with E-state index in [9.17, 15) is 0 Å². The maximum atomic E-state index is 7.26. The van der Waals surface area contributed by atoms with E-state index >= 15 is 0 Å². The second-order valence-corrected chi connectivity index (χ2v) is 5.98. The Hall–Kier alpha value is -2.35. The molecule has 0 atom stereocenters. The van der Waals surface area contributed by atoms with Crippen LogP contribution in [-0.2, 0) is 0 Å². The normalized spacial score (nSPS) is 10.5. The van der Waals surface area contributed by atoms with Crippen molar-refractivity contribution in [2.45, 2.75) is 54.4 Å². The highest BCUT2D eigenvalue weighted by Gasteiger charge is 1.98. The van der Waals surface area contributed by atoms with Crippen molar-refractivity contribution in [3.63, 3.8) is 0 Å². The van der Waals surface area contributed by atoms with Crippen LogP contribution >= 0.6 is 0 Å². The highest BCUT2D eigenvalue weighted by atomic mass is 14.6. The molecule has 0 amide bonds. The van der Waals surface area contributed by atoms with E-state index in [-0.39, 0.29) is 0 Å². The monoisotopic (exact) mass is 340 g/mol. The molecule has 0 aromatic heterocycles. The van der Waals surface area contributed by atoms with Gasteiger partial charge >= 0.3 is 0 Å². The van der Waals surface area contributed by atoms with Gasteiger partial charge in [0.05, 0.1) is 0 Å². The Balaban J connectivity index is 0. The summed E-state index contributed by atoms with van der Waals surface area (Å²) < 4.78 is 0. The molecule has 1 aromatic rings. The number of benzene rings is 1. The van der Waals surface area contributed by atoms with E-state index in [2.05, 4.69) is 39.1 Å². The van der Waals surface area contributed by atoms with Gasteiger partial charge in [0.25, 0.3) is 0 Å². The van der Waals surface area contributed by atoms with Gasteiger partial charge < -0.3 is 11.1 Å². The third kappa shape index (κ3) is 12.7. The molecule has 2 nitrogen and oxygen atoms in total. The number of hydrogen-bond donors (Lipinski definition) is 2. The predicted molar refractivity (Wildman–Crippen MR) is 116 cm³/mol. The fourth-order valence-corrected chi connectivity index (χ4v) is 1.56. The third-order valence-electron chi connectivity index (χ3n) is 3.27. The number of nitrogens with one attached hydrogen (secondary N) is 1. The first-order valence-electron chi connectivity index (χ1n) is 8.75. The molecule has 0 spiro atoms. The second kappa shape index (κ2) is 14.0. The summed E-state index contributed by atoms with van der Waals surface area (Å²) in [6.45, 7) is 21.4. The fraction of sp³-hybridized carbons (Fsp3) is 0.348. The summed E-state index contributed by atoms with van der Waals surface area (Å²) in [5.74, 6) is 0.574. The summed E-state index contributed by atoms with van der Waals surface area (Å²) in [6, 6.07) is 8.21. The Morgan fingerprint density at radius 1 is 1.04 bits per heavy atom. The lowest BCUT2D eigenvalue weighted by Crippen LogP contribution is -1.94.